The Morgan fingerprint density at radius 3 is 2.68 bits per heavy atom. The molecule has 0 radical (unpaired) electrons. The topological polar surface area (TPSA) is 79.3 Å². The number of halogens is 1. The second-order valence-electron chi connectivity index (χ2n) is 7.26. The maximum absolute atomic E-state index is 13.7. The summed E-state index contributed by atoms with van der Waals surface area (Å²) in [5, 5.41) is 12.2. The first kappa shape index (κ1) is 17.3. The van der Waals surface area contributed by atoms with Crippen LogP contribution in [0.25, 0.3) is 10.9 Å². The number of hydrogen-bond donors (Lipinski definition) is 2. The third-order valence-corrected chi connectivity index (χ3v) is 4.45. The van der Waals surface area contributed by atoms with Gasteiger partial charge in [0.25, 0.3) is 5.91 Å². The highest BCUT2D eigenvalue weighted by Crippen LogP contribution is 2.40. The number of carbonyl (C=O) groups is 2. The minimum absolute atomic E-state index is 0.0354. The molecule has 1 heterocycles. The molecule has 1 fully saturated rings. The van der Waals surface area contributed by atoms with E-state index in [0.717, 1.165) is 18.5 Å². The van der Waals surface area contributed by atoms with Crippen LogP contribution < -0.4 is 5.32 Å². The molecule has 6 heteroatoms. The molecule has 2 N–H and O–H groups in total. The van der Waals surface area contributed by atoms with Crippen LogP contribution in [0.2, 0.25) is 0 Å². The molecule has 3 rings (SSSR count). The molecule has 1 aromatic heterocycles. The summed E-state index contributed by atoms with van der Waals surface area (Å²) >= 11 is 0. The van der Waals surface area contributed by atoms with Crippen LogP contribution in [0.3, 0.4) is 0 Å². The average Bonchev–Trinajstić information content (AvgIpc) is 3.36. The lowest BCUT2D eigenvalue weighted by Crippen LogP contribution is -2.43. The smallest absolute Gasteiger partial charge is 0.303 e. The summed E-state index contributed by atoms with van der Waals surface area (Å²) < 4.78 is 13.7. The Hall–Kier alpha value is -2.50. The highest BCUT2D eigenvalue weighted by molar-refractivity contribution is 6.06. The molecule has 0 aliphatic heterocycles. The van der Waals surface area contributed by atoms with E-state index in [1.165, 1.54) is 12.1 Å². The van der Waals surface area contributed by atoms with E-state index >= 15 is 0 Å². The first-order chi connectivity index (χ1) is 11.7. The fourth-order valence-corrected chi connectivity index (χ4v) is 2.85. The van der Waals surface area contributed by atoms with Crippen LogP contribution in [0.15, 0.2) is 24.3 Å². The molecular formula is C19H21FN2O3. The predicted molar refractivity (Wildman–Crippen MR) is 92.1 cm³/mol. The van der Waals surface area contributed by atoms with Gasteiger partial charge in [0.2, 0.25) is 0 Å². The lowest BCUT2D eigenvalue weighted by Gasteiger charge is -2.26. The Morgan fingerprint density at radius 1 is 1.32 bits per heavy atom. The Morgan fingerprint density at radius 2 is 2.04 bits per heavy atom. The Kier molecular flexibility index (Phi) is 4.45. The third-order valence-electron chi connectivity index (χ3n) is 4.45. The lowest BCUT2D eigenvalue weighted by atomic mass is 9.97. The Labute approximate surface area is 145 Å². The number of carboxylic acids is 1. The number of nitrogens with zero attached hydrogens (tertiary/aromatic N) is 1. The van der Waals surface area contributed by atoms with E-state index < -0.39 is 17.3 Å². The van der Waals surface area contributed by atoms with Gasteiger partial charge >= 0.3 is 5.97 Å². The number of fused-ring (bicyclic) bond motifs is 1. The molecular weight excluding hydrogens is 323 g/mol. The average molecular weight is 344 g/mol. The zero-order chi connectivity index (χ0) is 18.2. The van der Waals surface area contributed by atoms with Gasteiger partial charge in [-0.25, -0.2) is 4.39 Å². The van der Waals surface area contributed by atoms with Crippen molar-refractivity contribution in [2.75, 3.05) is 0 Å². The molecule has 2 aromatic rings. The molecule has 1 saturated carbocycles. The van der Waals surface area contributed by atoms with Gasteiger partial charge in [-0.1, -0.05) is 0 Å². The van der Waals surface area contributed by atoms with Crippen LogP contribution >= 0.6 is 0 Å². The lowest BCUT2D eigenvalue weighted by molar-refractivity contribution is -0.137. The molecule has 1 aromatic carbocycles. The van der Waals surface area contributed by atoms with Crippen LogP contribution in [0, 0.1) is 5.82 Å². The van der Waals surface area contributed by atoms with Crippen LogP contribution in [-0.2, 0) is 4.79 Å². The summed E-state index contributed by atoms with van der Waals surface area (Å²) in [6, 6.07) is 5.98. The largest absolute Gasteiger partial charge is 0.481 e. The van der Waals surface area contributed by atoms with Crippen molar-refractivity contribution in [1.82, 2.24) is 10.3 Å². The number of benzene rings is 1. The SMILES string of the molecule is CC(C)(CCC(=O)O)NC(=O)c1cc(C2CC2)nc2ccc(F)cc12. The van der Waals surface area contributed by atoms with E-state index in [1.54, 1.807) is 26.0 Å². The second-order valence-corrected chi connectivity index (χ2v) is 7.26. The fraction of sp³-hybridized carbons (Fsp3) is 0.421. The number of carboxylic acid groups (broad SMARTS) is 1. The first-order valence-corrected chi connectivity index (χ1v) is 8.40. The van der Waals surface area contributed by atoms with Crippen LogP contribution in [-0.4, -0.2) is 27.5 Å². The number of pyridine rings is 1. The number of carbonyl (C=O) groups excluding carboxylic acids is 1. The number of aliphatic carboxylic acids is 1. The highest BCUT2D eigenvalue weighted by atomic mass is 19.1. The van der Waals surface area contributed by atoms with E-state index in [1.807, 2.05) is 0 Å². The maximum atomic E-state index is 13.7. The Balaban J connectivity index is 1.94. The second kappa shape index (κ2) is 6.43. The molecule has 0 unspecified atom stereocenters. The maximum Gasteiger partial charge on any atom is 0.303 e. The van der Waals surface area contributed by atoms with Gasteiger partial charge in [0.15, 0.2) is 0 Å². The molecule has 0 atom stereocenters. The van der Waals surface area contributed by atoms with E-state index in [0.29, 0.717) is 28.8 Å². The molecule has 0 spiro atoms. The minimum Gasteiger partial charge on any atom is -0.481 e. The summed E-state index contributed by atoms with van der Waals surface area (Å²) in [6.07, 6.45) is 2.36. The highest BCUT2D eigenvalue weighted by Gasteiger charge is 2.28. The molecule has 1 aliphatic carbocycles. The van der Waals surface area contributed by atoms with Crippen molar-refractivity contribution in [3.63, 3.8) is 0 Å². The summed E-state index contributed by atoms with van der Waals surface area (Å²) in [7, 11) is 0. The minimum atomic E-state index is -0.908. The summed E-state index contributed by atoms with van der Waals surface area (Å²) in [6.45, 7) is 3.55. The van der Waals surface area contributed by atoms with Gasteiger partial charge in [-0.15, -0.1) is 0 Å². The zero-order valence-electron chi connectivity index (χ0n) is 14.3. The van der Waals surface area contributed by atoms with Gasteiger partial charge in [-0.3, -0.25) is 14.6 Å². The summed E-state index contributed by atoms with van der Waals surface area (Å²) in [4.78, 5) is 28.1. The molecule has 132 valence electrons. The van der Waals surface area contributed by atoms with Crippen LogP contribution in [0.5, 0.6) is 0 Å². The van der Waals surface area contributed by atoms with Crippen LogP contribution in [0.1, 0.15) is 61.5 Å². The van der Waals surface area contributed by atoms with Crippen molar-refractivity contribution in [1.29, 1.82) is 0 Å². The normalized spacial score (nSPS) is 14.5. The van der Waals surface area contributed by atoms with Crippen molar-refractivity contribution < 1.29 is 19.1 Å². The van der Waals surface area contributed by atoms with Gasteiger partial charge in [0, 0.05) is 29.0 Å². The van der Waals surface area contributed by atoms with E-state index in [2.05, 4.69) is 10.3 Å². The number of nitrogens with one attached hydrogen (secondary N) is 1. The first-order valence-electron chi connectivity index (χ1n) is 8.40. The van der Waals surface area contributed by atoms with Gasteiger partial charge in [-0.2, -0.15) is 0 Å². The van der Waals surface area contributed by atoms with Crippen molar-refractivity contribution in [2.45, 2.75) is 51.0 Å². The quantitative estimate of drug-likeness (QED) is 0.839. The van der Waals surface area contributed by atoms with Crippen LogP contribution in [0.4, 0.5) is 4.39 Å². The van der Waals surface area contributed by atoms with Gasteiger partial charge in [-0.05, 0) is 57.4 Å². The van der Waals surface area contributed by atoms with Crippen molar-refractivity contribution in [3.8, 4) is 0 Å². The Bertz CT molecular complexity index is 844. The number of amides is 1. The molecule has 5 nitrogen and oxygen atoms in total. The molecule has 0 bridgehead atoms. The van der Waals surface area contributed by atoms with Gasteiger partial charge in [0.05, 0.1) is 11.1 Å². The molecule has 1 aliphatic rings. The van der Waals surface area contributed by atoms with E-state index in [-0.39, 0.29) is 12.3 Å². The summed E-state index contributed by atoms with van der Waals surface area (Å²) in [5.74, 6) is -1.31. The van der Waals surface area contributed by atoms with E-state index in [9.17, 15) is 14.0 Å². The number of rotatable bonds is 6. The predicted octanol–water partition coefficient (Wildman–Crippen LogP) is 3.62. The van der Waals surface area contributed by atoms with Crippen molar-refractivity contribution in [2.24, 2.45) is 0 Å². The molecule has 25 heavy (non-hydrogen) atoms. The van der Waals surface area contributed by atoms with Gasteiger partial charge < -0.3 is 10.4 Å². The van der Waals surface area contributed by atoms with E-state index in [4.69, 9.17) is 5.11 Å². The van der Waals surface area contributed by atoms with Gasteiger partial charge in [0.1, 0.15) is 5.82 Å². The standard InChI is InChI=1S/C19H21FN2O3/c1-19(2,8-7-17(23)24)22-18(25)14-10-16(11-3-4-11)21-15-6-5-12(20)9-13(14)15/h5-6,9-11H,3-4,7-8H2,1-2H3,(H,22,25)(H,23,24). The monoisotopic (exact) mass is 344 g/mol. The number of hydrogen-bond acceptors (Lipinski definition) is 3. The summed E-state index contributed by atoms with van der Waals surface area (Å²) in [5.41, 5.74) is 1.15. The van der Waals surface area contributed by atoms with Crippen molar-refractivity contribution >= 4 is 22.8 Å². The third kappa shape index (κ3) is 4.13. The van der Waals surface area contributed by atoms with Crippen molar-refractivity contribution in [3.05, 3.63) is 41.3 Å². The zero-order valence-corrected chi connectivity index (χ0v) is 14.3. The fourth-order valence-electron chi connectivity index (χ4n) is 2.85. The molecule has 1 amide bonds. The number of aromatic nitrogens is 1. The molecule has 0 saturated heterocycles.